The van der Waals surface area contributed by atoms with Crippen molar-refractivity contribution in [2.24, 2.45) is 0 Å². The molecule has 6 nitrogen and oxygen atoms in total. The average molecular weight is 364 g/mol. The number of nitrogens with zero attached hydrogens (tertiary/aromatic N) is 2. The Bertz CT molecular complexity index is 740. The van der Waals surface area contributed by atoms with Crippen molar-refractivity contribution in [2.75, 3.05) is 6.61 Å². The summed E-state index contributed by atoms with van der Waals surface area (Å²) in [7, 11) is 0. The van der Waals surface area contributed by atoms with Crippen molar-refractivity contribution in [1.29, 1.82) is 0 Å². The first-order chi connectivity index (χ1) is 12.0. The second-order valence-electron chi connectivity index (χ2n) is 5.66. The first kappa shape index (κ1) is 19.0. The molecule has 0 aliphatic heterocycles. The van der Waals surface area contributed by atoms with Crippen LogP contribution in [-0.4, -0.2) is 34.3 Å². The van der Waals surface area contributed by atoms with Gasteiger partial charge in [0.1, 0.15) is 10.7 Å². The van der Waals surface area contributed by atoms with E-state index in [0.717, 1.165) is 18.5 Å². The van der Waals surface area contributed by atoms with Gasteiger partial charge in [-0.15, -0.1) is 0 Å². The Kier molecular flexibility index (Phi) is 6.58. The maximum atomic E-state index is 12.3. The Labute approximate surface area is 152 Å². The molecule has 0 aliphatic carbocycles. The maximum Gasteiger partial charge on any atom is 0.343 e. The summed E-state index contributed by atoms with van der Waals surface area (Å²) in [4.78, 5) is 24.2. The van der Waals surface area contributed by atoms with Crippen LogP contribution >= 0.6 is 11.6 Å². The van der Waals surface area contributed by atoms with E-state index >= 15 is 0 Å². The number of carbonyl (C=O) groups is 2. The van der Waals surface area contributed by atoms with Crippen molar-refractivity contribution in [3.8, 4) is 5.69 Å². The van der Waals surface area contributed by atoms with Crippen LogP contribution in [0, 0.1) is 6.92 Å². The van der Waals surface area contributed by atoms with Gasteiger partial charge >= 0.3 is 5.97 Å². The van der Waals surface area contributed by atoms with E-state index in [4.69, 9.17) is 16.3 Å². The summed E-state index contributed by atoms with van der Waals surface area (Å²) < 4.78 is 6.57. The largest absolute Gasteiger partial charge is 0.452 e. The van der Waals surface area contributed by atoms with Gasteiger partial charge in [0.05, 0.1) is 11.4 Å². The van der Waals surface area contributed by atoms with Crippen LogP contribution in [0.5, 0.6) is 0 Å². The fourth-order valence-electron chi connectivity index (χ4n) is 2.44. The van der Waals surface area contributed by atoms with Gasteiger partial charge in [-0.1, -0.05) is 43.6 Å². The van der Waals surface area contributed by atoms with Crippen molar-refractivity contribution in [2.45, 2.75) is 39.7 Å². The second-order valence-corrected chi connectivity index (χ2v) is 6.01. The number of carbonyl (C=O) groups excluding carboxylic acids is 2. The summed E-state index contributed by atoms with van der Waals surface area (Å²) in [5, 5.41) is 7.26. The van der Waals surface area contributed by atoms with E-state index in [2.05, 4.69) is 10.4 Å². The molecule has 0 spiro atoms. The molecule has 0 atom stereocenters. The molecular weight excluding hydrogens is 342 g/mol. The highest BCUT2D eigenvalue weighted by molar-refractivity contribution is 6.33. The standard InChI is InChI=1S/C18H22ClN3O3/c1-4-13(5-2)20-15(23)11-25-18(24)16-12(3)21-22(17(16)19)14-9-7-6-8-10-14/h6-10,13H,4-5,11H2,1-3H3,(H,20,23). The maximum absolute atomic E-state index is 12.3. The summed E-state index contributed by atoms with van der Waals surface area (Å²) in [6.07, 6.45) is 1.65. The van der Waals surface area contributed by atoms with Crippen LogP contribution in [0.15, 0.2) is 30.3 Å². The van der Waals surface area contributed by atoms with Crippen molar-refractivity contribution in [3.05, 3.63) is 46.7 Å². The van der Waals surface area contributed by atoms with Crippen LogP contribution in [0.25, 0.3) is 5.69 Å². The SMILES string of the molecule is CCC(CC)NC(=O)COC(=O)c1c(C)nn(-c2ccccc2)c1Cl. The molecule has 0 unspecified atom stereocenters. The number of hydrogen-bond donors (Lipinski definition) is 1. The zero-order valence-electron chi connectivity index (χ0n) is 14.6. The van der Waals surface area contributed by atoms with Gasteiger partial charge in [0.25, 0.3) is 5.91 Å². The van der Waals surface area contributed by atoms with E-state index in [0.29, 0.717) is 5.69 Å². The smallest absolute Gasteiger partial charge is 0.343 e. The molecule has 1 heterocycles. The molecule has 25 heavy (non-hydrogen) atoms. The highest BCUT2D eigenvalue weighted by atomic mass is 35.5. The van der Waals surface area contributed by atoms with Gasteiger partial charge in [0.2, 0.25) is 0 Å². The normalized spacial score (nSPS) is 10.8. The predicted molar refractivity (Wildman–Crippen MR) is 96.1 cm³/mol. The third kappa shape index (κ3) is 4.60. The second kappa shape index (κ2) is 8.67. The lowest BCUT2D eigenvalue weighted by Crippen LogP contribution is -2.36. The molecule has 0 saturated heterocycles. The van der Waals surface area contributed by atoms with Gasteiger partial charge in [-0.2, -0.15) is 5.10 Å². The zero-order chi connectivity index (χ0) is 18.4. The van der Waals surface area contributed by atoms with Crippen molar-refractivity contribution >= 4 is 23.5 Å². The summed E-state index contributed by atoms with van der Waals surface area (Å²) in [5.41, 5.74) is 1.35. The highest BCUT2D eigenvalue weighted by Crippen LogP contribution is 2.24. The van der Waals surface area contributed by atoms with Gasteiger partial charge in [-0.25, -0.2) is 9.48 Å². The molecule has 0 bridgehead atoms. The highest BCUT2D eigenvalue weighted by Gasteiger charge is 2.23. The minimum absolute atomic E-state index is 0.0809. The molecule has 0 radical (unpaired) electrons. The molecule has 0 fully saturated rings. The van der Waals surface area contributed by atoms with Gasteiger partial charge in [0, 0.05) is 6.04 Å². The number of hydrogen-bond acceptors (Lipinski definition) is 4. The third-order valence-corrected chi connectivity index (χ3v) is 4.24. The molecule has 1 aromatic heterocycles. The van der Waals surface area contributed by atoms with Crippen LogP contribution in [0.2, 0.25) is 5.15 Å². The van der Waals surface area contributed by atoms with Crippen LogP contribution in [0.1, 0.15) is 42.7 Å². The van der Waals surface area contributed by atoms with Crippen LogP contribution in [-0.2, 0) is 9.53 Å². The van der Waals surface area contributed by atoms with E-state index < -0.39 is 5.97 Å². The summed E-state index contributed by atoms with van der Waals surface area (Å²) in [6.45, 7) is 5.30. The molecule has 134 valence electrons. The third-order valence-electron chi connectivity index (χ3n) is 3.89. The predicted octanol–water partition coefficient (Wildman–Crippen LogP) is 3.30. The lowest BCUT2D eigenvalue weighted by Gasteiger charge is -2.14. The summed E-state index contributed by atoms with van der Waals surface area (Å²) >= 11 is 6.30. The van der Waals surface area contributed by atoms with Gasteiger partial charge < -0.3 is 10.1 Å². The zero-order valence-corrected chi connectivity index (χ0v) is 15.3. The Balaban J connectivity index is 2.08. The minimum Gasteiger partial charge on any atom is -0.452 e. The molecule has 2 rings (SSSR count). The number of nitrogens with one attached hydrogen (secondary N) is 1. The van der Waals surface area contributed by atoms with Gasteiger partial charge in [0.15, 0.2) is 6.61 Å². The van der Waals surface area contributed by atoms with Gasteiger partial charge in [-0.3, -0.25) is 4.79 Å². The first-order valence-electron chi connectivity index (χ1n) is 8.24. The number of para-hydroxylation sites is 1. The lowest BCUT2D eigenvalue weighted by atomic mass is 10.2. The minimum atomic E-state index is -0.663. The van der Waals surface area contributed by atoms with Crippen LogP contribution in [0.3, 0.4) is 0 Å². The number of ether oxygens (including phenoxy) is 1. The quantitative estimate of drug-likeness (QED) is 0.766. The Hall–Kier alpha value is -2.34. The van der Waals surface area contributed by atoms with E-state index in [1.807, 2.05) is 44.2 Å². The monoisotopic (exact) mass is 363 g/mol. The van der Waals surface area contributed by atoms with Crippen molar-refractivity contribution in [3.63, 3.8) is 0 Å². The molecule has 1 amide bonds. The number of aryl methyl sites for hydroxylation is 1. The van der Waals surface area contributed by atoms with Crippen LogP contribution in [0.4, 0.5) is 0 Å². The molecule has 7 heteroatoms. The number of halogens is 1. The van der Waals surface area contributed by atoms with E-state index in [9.17, 15) is 9.59 Å². The van der Waals surface area contributed by atoms with Crippen molar-refractivity contribution in [1.82, 2.24) is 15.1 Å². The van der Waals surface area contributed by atoms with Crippen molar-refractivity contribution < 1.29 is 14.3 Å². The molecule has 1 N–H and O–H groups in total. The molecular formula is C18H22ClN3O3. The van der Waals surface area contributed by atoms with E-state index in [1.165, 1.54) is 4.68 Å². The Morgan fingerprint density at radius 1 is 1.24 bits per heavy atom. The molecule has 0 saturated carbocycles. The molecule has 1 aromatic carbocycles. The molecule has 2 aromatic rings. The van der Waals surface area contributed by atoms with E-state index in [-0.39, 0.29) is 29.3 Å². The number of esters is 1. The first-order valence-corrected chi connectivity index (χ1v) is 8.62. The summed E-state index contributed by atoms with van der Waals surface area (Å²) in [6, 6.07) is 9.32. The fourth-order valence-corrected chi connectivity index (χ4v) is 2.79. The summed E-state index contributed by atoms with van der Waals surface area (Å²) in [5.74, 6) is -0.990. The average Bonchev–Trinajstić information content (AvgIpc) is 2.92. The fraction of sp³-hybridized carbons (Fsp3) is 0.389. The topological polar surface area (TPSA) is 73.2 Å². The lowest BCUT2D eigenvalue weighted by molar-refractivity contribution is -0.125. The number of benzene rings is 1. The Morgan fingerprint density at radius 2 is 1.88 bits per heavy atom. The van der Waals surface area contributed by atoms with Gasteiger partial charge in [-0.05, 0) is 31.9 Å². The Morgan fingerprint density at radius 3 is 2.48 bits per heavy atom. The van der Waals surface area contributed by atoms with E-state index in [1.54, 1.807) is 6.92 Å². The van der Waals surface area contributed by atoms with Crippen LogP contribution < -0.4 is 5.32 Å². The molecule has 0 aliphatic rings. The number of aromatic nitrogens is 2. The number of amides is 1. The number of rotatable bonds is 7.